The molecule has 0 bridgehead atoms. The Morgan fingerprint density at radius 3 is 2.12 bits per heavy atom. The second kappa shape index (κ2) is 8.29. The van der Waals surface area contributed by atoms with Gasteiger partial charge in [0.1, 0.15) is 0 Å². The normalized spacial score (nSPS) is 11.1. The Hall–Kier alpha value is -3.88. The number of rotatable bonds is 4. The minimum atomic E-state index is 0.641. The van der Waals surface area contributed by atoms with E-state index < -0.39 is 0 Å². The Morgan fingerprint density at radius 1 is 0.692 bits per heavy atom. The molecule has 2 nitrogen and oxygen atoms in total. The summed E-state index contributed by atoms with van der Waals surface area (Å²) >= 11 is 0. The molecule has 0 unspecified atom stereocenters. The summed E-state index contributed by atoms with van der Waals surface area (Å²) in [6.45, 7) is 0. The van der Waals surface area contributed by atoms with Gasteiger partial charge in [-0.3, -0.25) is 0 Å². The van der Waals surface area contributed by atoms with Crippen molar-refractivity contribution in [3.8, 4) is 12.1 Å². The first-order valence-electron chi connectivity index (χ1n) is 8.24. The van der Waals surface area contributed by atoms with Crippen LogP contribution in [0.2, 0.25) is 0 Å². The van der Waals surface area contributed by atoms with Crippen LogP contribution in [0.3, 0.4) is 0 Å². The van der Waals surface area contributed by atoms with Gasteiger partial charge in [0.2, 0.25) is 0 Å². The van der Waals surface area contributed by atoms with Crippen LogP contribution in [0, 0.1) is 22.7 Å². The molecule has 0 amide bonds. The molecule has 0 saturated heterocycles. The quantitative estimate of drug-likeness (QED) is 0.455. The van der Waals surface area contributed by atoms with Gasteiger partial charge >= 0.3 is 0 Å². The number of hydrogen-bond acceptors (Lipinski definition) is 2. The molecular weight excluding hydrogens is 316 g/mol. The molecule has 3 aromatic rings. The Labute approximate surface area is 153 Å². The maximum Gasteiger partial charge on any atom is 0.0991 e. The molecule has 0 heterocycles. The largest absolute Gasteiger partial charge is 0.192 e. The highest BCUT2D eigenvalue weighted by Crippen LogP contribution is 2.21. The van der Waals surface area contributed by atoms with Gasteiger partial charge in [-0.05, 0) is 52.6 Å². The highest BCUT2D eigenvalue weighted by molar-refractivity contribution is 5.90. The number of allylic oxidation sites excluding steroid dienone is 2. The van der Waals surface area contributed by atoms with E-state index in [-0.39, 0.29) is 0 Å². The Bertz CT molecular complexity index is 1030. The summed E-state index contributed by atoms with van der Waals surface area (Å²) in [5.74, 6) is 0. The van der Waals surface area contributed by atoms with Crippen molar-refractivity contribution < 1.29 is 0 Å². The van der Waals surface area contributed by atoms with Crippen molar-refractivity contribution in [3.63, 3.8) is 0 Å². The van der Waals surface area contributed by atoms with E-state index in [0.29, 0.717) is 11.1 Å². The Balaban J connectivity index is 1.98. The summed E-state index contributed by atoms with van der Waals surface area (Å²) in [6, 6.07) is 29.4. The summed E-state index contributed by atoms with van der Waals surface area (Å²) in [5, 5.41) is 18.0. The molecule has 0 saturated carbocycles. The fourth-order valence-electron chi connectivity index (χ4n) is 2.59. The van der Waals surface area contributed by atoms with Crippen molar-refractivity contribution in [3.05, 3.63) is 113 Å². The van der Waals surface area contributed by atoms with E-state index >= 15 is 0 Å². The van der Waals surface area contributed by atoms with Crippen molar-refractivity contribution >= 4 is 17.7 Å². The summed E-state index contributed by atoms with van der Waals surface area (Å²) < 4.78 is 0. The minimum absolute atomic E-state index is 0.641. The van der Waals surface area contributed by atoms with Crippen LogP contribution in [0.4, 0.5) is 0 Å². The molecule has 0 fully saturated rings. The summed E-state index contributed by atoms with van der Waals surface area (Å²) in [6.07, 6.45) is 6.14. The maximum atomic E-state index is 9.10. The van der Waals surface area contributed by atoms with Crippen LogP contribution in [0.25, 0.3) is 17.7 Å². The average molecular weight is 332 g/mol. The first-order valence-corrected chi connectivity index (χ1v) is 8.24. The van der Waals surface area contributed by atoms with Gasteiger partial charge in [0.15, 0.2) is 0 Å². The van der Waals surface area contributed by atoms with Gasteiger partial charge < -0.3 is 0 Å². The lowest BCUT2D eigenvalue weighted by Gasteiger charge is -2.04. The van der Waals surface area contributed by atoms with Crippen LogP contribution < -0.4 is 0 Å². The lowest BCUT2D eigenvalue weighted by molar-refractivity contribution is 1.48. The number of nitriles is 2. The van der Waals surface area contributed by atoms with Gasteiger partial charge in [-0.2, -0.15) is 10.5 Å². The lowest BCUT2D eigenvalue weighted by Crippen LogP contribution is -1.83. The van der Waals surface area contributed by atoms with E-state index in [2.05, 4.69) is 36.4 Å². The fraction of sp³-hybridized carbons (Fsp3) is 0. The van der Waals surface area contributed by atoms with E-state index in [1.54, 1.807) is 6.07 Å². The first kappa shape index (κ1) is 17.0. The van der Waals surface area contributed by atoms with Crippen LogP contribution >= 0.6 is 0 Å². The fourth-order valence-corrected chi connectivity index (χ4v) is 2.59. The molecule has 0 aliphatic rings. The number of hydrogen-bond donors (Lipinski definition) is 0. The zero-order chi connectivity index (χ0) is 18.2. The molecule has 3 rings (SSSR count). The third-order valence-electron chi connectivity index (χ3n) is 3.94. The molecule has 2 heteroatoms. The van der Waals surface area contributed by atoms with Crippen molar-refractivity contribution in [1.29, 1.82) is 10.5 Å². The van der Waals surface area contributed by atoms with Crippen molar-refractivity contribution in [2.24, 2.45) is 0 Å². The van der Waals surface area contributed by atoms with E-state index in [1.807, 2.05) is 66.7 Å². The van der Waals surface area contributed by atoms with Crippen LogP contribution in [0.1, 0.15) is 27.8 Å². The van der Waals surface area contributed by atoms with E-state index in [4.69, 9.17) is 10.5 Å². The molecule has 0 radical (unpaired) electrons. The highest BCUT2D eigenvalue weighted by Gasteiger charge is 2.00. The van der Waals surface area contributed by atoms with Crippen LogP contribution in [0.5, 0.6) is 0 Å². The SMILES string of the molecule is N#Cc1ccc(C=CC(=Cc2cccc(C#N)c2)c2ccccc2)cc1. The molecule has 26 heavy (non-hydrogen) atoms. The average Bonchev–Trinajstić information content (AvgIpc) is 2.72. The van der Waals surface area contributed by atoms with E-state index in [1.165, 1.54) is 0 Å². The topological polar surface area (TPSA) is 47.6 Å². The third kappa shape index (κ3) is 4.35. The van der Waals surface area contributed by atoms with Crippen molar-refractivity contribution in [1.82, 2.24) is 0 Å². The monoisotopic (exact) mass is 332 g/mol. The summed E-state index contributed by atoms with van der Waals surface area (Å²) in [5.41, 5.74) is 5.44. The lowest BCUT2D eigenvalue weighted by atomic mass is 10.0. The smallest absolute Gasteiger partial charge is 0.0991 e. The molecule has 0 N–H and O–H groups in total. The zero-order valence-electron chi connectivity index (χ0n) is 14.1. The first-order chi connectivity index (χ1) is 12.8. The van der Waals surface area contributed by atoms with E-state index in [9.17, 15) is 0 Å². The van der Waals surface area contributed by atoms with Gasteiger partial charge in [-0.15, -0.1) is 0 Å². The molecule has 0 atom stereocenters. The van der Waals surface area contributed by atoms with Gasteiger partial charge in [0, 0.05) is 0 Å². The van der Waals surface area contributed by atoms with E-state index in [0.717, 1.165) is 22.3 Å². The van der Waals surface area contributed by atoms with Crippen molar-refractivity contribution in [2.45, 2.75) is 0 Å². The molecule has 3 aromatic carbocycles. The second-order valence-corrected chi connectivity index (χ2v) is 5.77. The summed E-state index contributed by atoms with van der Waals surface area (Å²) in [7, 11) is 0. The third-order valence-corrected chi connectivity index (χ3v) is 3.94. The zero-order valence-corrected chi connectivity index (χ0v) is 14.1. The van der Waals surface area contributed by atoms with Crippen LogP contribution in [0.15, 0.2) is 84.9 Å². The maximum absolute atomic E-state index is 9.10. The van der Waals surface area contributed by atoms with Crippen molar-refractivity contribution in [2.75, 3.05) is 0 Å². The predicted molar refractivity (Wildman–Crippen MR) is 106 cm³/mol. The predicted octanol–water partition coefficient (Wildman–Crippen LogP) is 5.68. The minimum Gasteiger partial charge on any atom is -0.192 e. The van der Waals surface area contributed by atoms with Crippen LogP contribution in [-0.4, -0.2) is 0 Å². The van der Waals surface area contributed by atoms with Gasteiger partial charge in [-0.25, -0.2) is 0 Å². The van der Waals surface area contributed by atoms with Gasteiger partial charge in [0.25, 0.3) is 0 Å². The molecule has 0 aliphatic heterocycles. The standard InChI is InChI=1S/C24H16N2/c25-17-20-11-9-19(10-12-20)13-14-24(23-7-2-1-3-8-23)16-21-5-4-6-22(15-21)18-26/h1-16H. The molecule has 122 valence electrons. The van der Waals surface area contributed by atoms with Gasteiger partial charge in [-0.1, -0.05) is 66.7 Å². The second-order valence-electron chi connectivity index (χ2n) is 5.77. The number of nitrogens with zero attached hydrogens (tertiary/aromatic N) is 2. The Morgan fingerprint density at radius 2 is 1.42 bits per heavy atom. The molecule has 0 aromatic heterocycles. The summed E-state index contributed by atoms with van der Waals surface area (Å²) in [4.78, 5) is 0. The van der Waals surface area contributed by atoms with Gasteiger partial charge in [0.05, 0.1) is 23.3 Å². The molecule has 0 aliphatic carbocycles. The van der Waals surface area contributed by atoms with Crippen LogP contribution in [-0.2, 0) is 0 Å². The highest BCUT2D eigenvalue weighted by atomic mass is 14.2. The molecular formula is C24H16N2. The molecule has 0 spiro atoms. The Kier molecular flexibility index (Phi) is 5.41. The number of benzene rings is 3.